The zero-order chi connectivity index (χ0) is 20.8. The first-order chi connectivity index (χ1) is 14.7. The molecular formula is C24H26N4O2. The average Bonchev–Trinajstić information content (AvgIpc) is 2.83. The molecule has 1 aromatic heterocycles. The first kappa shape index (κ1) is 20.0. The van der Waals surface area contributed by atoms with Gasteiger partial charge in [-0.1, -0.05) is 17.9 Å². The lowest BCUT2D eigenvalue weighted by atomic mass is 9.99. The van der Waals surface area contributed by atoms with E-state index in [1.807, 2.05) is 23.1 Å². The second-order valence-corrected chi connectivity index (χ2v) is 7.48. The summed E-state index contributed by atoms with van der Waals surface area (Å²) in [5.41, 5.74) is 2.58. The Morgan fingerprint density at radius 3 is 2.67 bits per heavy atom. The van der Waals surface area contributed by atoms with Gasteiger partial charge < -0.3 is 14.5 Å². The number of benzene rings is 1. The molecule has 0 atom stereocenters. The molecule has 1 aliphatic carbocycles. The van der Waals surface area contributed by atoms with E-state index in [4.69, 9.17) is 4.74 Å². The Morgan fingerprint density at radius 2 is 1.97 bits per heavy atom. The largest absolute Gasteiger partial charge is 0.495 e. The second-order valence-electron chi connectivity index (χ2n) is 7.48. The topological polar surface area (TPSA) is 58.6 Å². The summed E-state index contributed by atoms with van der Waals surface area (Å²) in [6.07, 6.45) is 11.9. The van der Waals surface area contributed by atoms with Gasteiger partial charge in [0.05, 0.1) is 18.9 Å². The fourth-order valence-corrected chi connectivity index (χ4v) is 3.81. The molecule has 0 unspecified atom stereocenters. The first-order valence-corrected chi connectivity index (χ1v) is 10.4. The van der Waals surface area contributed by atoms with Crippen LogP contribution in [0.25, 0.3) is 0 Å². The number of rotatable bonds is 3. The lowest BCUT2D eigenvalue weighted by molar-refractivity contribution is 0.0746. The van der Waals surface area contributed by atoms with E-state index in [0.717, 1.165) is 37.3 Å². The maximum absolute atomic E-state index is 13.1. The molecular weight excluding hydrogens is 376 g/mol. The van der Waals surface area contributed by atoms with E-state index in [-0.39, 0.29) is 5.91 Å². The highest BCUT2D eigenvalue weighted by atomic mass is 16.5. The minimum absolute atomic E-state index is 0.0244. The molecule has 6 nitrogen and oxygen atoms in total. The van der Waals surface area contributed by atoms with Crippen LogP contribution in [0, 0.1) is 11.8 Å². The van der Waals surface area contributed by atoms with Crippen LogP contribution in [0.1, 0.15) is 41.6 Å². The van der Waals surface area contributed by atoms with Crippen molar-refractivity contribution in [1.82, 2.24) is 14.9 Å². The van der Waals surface area contributed by atoms with E-state index in [0.29, 0.717) is 24.4 Å². The van der Waals surface area contributed by atoms with Crippen LogP contribution < -0.4 is 9.64 Å². The number of ether oxygens (including phenoxy) is 1. The van der Waals surface area contributed by atoms with E-state index < -0.39 is 0 Å². The Balaban J connectivity index is 1.47. The molecule has 1 aromatic carbocycles. The van der Waals surface area contributed by atoms with Gasteiger partial charge in [-0.25, -0.2) is 4.98 Å². The van der Waals surface area contributed by atoms with Gasteiger partial charge >= 0.3 is 0 Å². The van der Waals surface area contributed by atoms with Crippen LogP contribution in [0.15, 0.2) is 48.4 Å². The van der Waals surface area contributed by atoms with Gasteiger partial charge in [-0.2, -0.15) is 0 Å². The molecule has 0 radical (unpaired) electrons. The van der Waals surface area contributed by atoms with Crippen molar-refractivity contribution in [3.63, 3.8) is 0 Å². The number of amides is 1. The number of anilines is 1. The molecule has 0 saturated carbocycles. The third kappa shape index (κ3) is 4.62. The van der Waals surface area contributed by atoms with Crippen LogP contribution in [0.3, 0.4) is 0 Å². The quantitative estimate of drug-likeness (QED) is 0.738. The van der Waals surface area contributed by atoms with Gasteiger partial charge in [-0.15, -0.1) is 0 Å². The van der Waals surface area contributed by atoms with Crippen LogP contribution in [-0.2, 0) is 0 Å². The molecule has 0 N–H and O–H groups in total. The van der Waals surface area contributed by atoms with Gasteiger partial charge in [0.2, 0.25) is 0 Å². The van der Waals surface area contributed by atoms with E-state index in [1.54, 1.807) is 25.7 Å². The predicted molar refractivity (Wildman–Crippen MR) is 117 cm³/mol. The molecule has 6 heteroatoms. The summed E-state index contributed by atoms with van der Waals surface area (Å²) in [5, 5.41) is 0. The summed E-state index contributed by atoms with van der Waals surface area (Å²) in [7, 11) is 1.63. The normalized spacial score (nSPS) is 16.4. The zero-order valence-corrected chi connectivity index (χ0v) is 17.3. The number of hydrogen-bond donors (Lipinski definition) is 0. The molecule has 1 aliphatic heterocycles. The Bertz CT molecular complexity index is 983. The summed E-state index contributed by atoms with van der Waals surface area (Å²) >= 11 is 0. The van der Waals surface area contributed by atoms with Gasteiger partial charge in [-0.3, -0.25) is 9.78 Å². The third-order valence-electron chi connectivity index (χ3n) is 5.54. The SMILES string of the molecule is COc1ccc(C(=O)N2CCN(c3cnccn3)CC2)cc1C#CC1=CCCCC1. The molecule has 30 heavy (non-hydrogen) atoms. The minimum atomic E-state index is 0.0244. The van der Waals surface area contributed by atoms with Crippen molar-refractivity contribution in [2.75, 3.05) is 38.2 Å². The molecule has 1 saturated heterocycles. The molecule has 4 rings (SSSR count). The summed E-state index contributed by atoms with van der Waals surface area (Å²) < 4.78 is 5.46. The lowest BCUT2D eigenvalue weighted by Gasteiger charge is -2.35. The summed E-state index contributed by atoms with van der Waals surface area (Å²) in [5.74, 6) is 8.06. The highest BCUT2D eigenvalue weighted by Gasteiger charge is 2.23. The van der Waals surface area contributed by atoms with E-state index >= 15 is 0 Å². The molecule has 1 fully saturated rings. The number of allylic oxidation sites excluding steroid dienone is 2. The number of aromatic nitrogens is 2. The summed E-state index contributed by atoms with van der Waals surface area (Å²) in [6, 6.07) is 5.51. The maximum atomic E-state index is 13.1. The summed E-state index contributed by atoms with van der Waals surface area (Å²) in [4.78, 5) is 25.6. The number of piperazine rings is 1. The number of carbonyl (C=O) groups excluding carboxylic acids is 1. The van der Waals surface area contributed by atoms with E-state index in [9.17, 15) is 4.79 Å². The maximum Gasteiger partial charge on any atom is 0.254 e. The summed E-state index contributed by atoms with van der Waals surface area (Å²) in [6.45, 7) is 2.77. The van der Waals surface area contributed by atoms with Crippen molar-refractivity contribution in [1.29, 1.82) is 0 Å². The Labute approximate surface area is 177 Å². The monoisotopic (exact) mass is 402 g/mol. The predicted octanol–water partition coefficient (Wildman–Crippen LogP) is 3.30. The number of hydrogen-bond acceptors (Lipinski definition) is 5. The van der Waals surface area contributed by atoms with Crippen molar-refractivity contribution in [2.24, 2.45) is 0 Å². The van der Waals surface area contributed by atoms with Crippen molar-refractivity contribution >= 4 is 11.7 Å². The highest BCUT2D eigenvalue weighted by molar-refractivity contribution is 5.95. The van der Waals surface area contributed by atoms with Crippen LogP contribution in [-0.4, -0.2) is 54.1 Å². The van der Waals surface area contributed by atoms with Crippen LogP contribution in [0.4, 0.5) is 5.82 Å². The molecule has 2 aliphatic rings. The second kappa shape index (κ2) is 9.45. The highest BCUT2D eigenvalue weighted by Crippen LogP contribution is 2.22. The fraction of sp³-hybridized carbons (Fsp3) is 0.375. The van der Waals surface area contributed by atoms with E-state index in [2.05, 4.69) is 32.8 Å². The van der Waals surface area contributed by atoms with Crippen LogP contribution in [0.5, 0.6) is 5.75 Å². The third-order valence-corrected chi connectivity index (χ3v) is 5.54. The Kier molecular flexibility index (Phi) is 6.29. The van der Waals surface area contributed by atoms with Crippen LogP contribution >= 0.6 is 0 Å². The van der Waals surface area contributed by atoms with Gasteiger partial charge in [0, 0.05) is 44.1 Å². The van der Waals surface area contributed by atoms with Crippen molar-refractivity contribution in [2.45, 2.75) is 25.7 Å². The average molecular weight is 402 g/mol. The number of nitrogens with zero attached hydrogens (tertiary/aromatic N) is 4. The number of methoxy groups -OCH3 is 1. The zero-order valence-electron chi connectivity index (χ0n) is 17.3. The van der Waals surface area contributed by atoms with Crippen LogP contribution in [0.2, 0.25) is 0 Å². The number of carbonyl (C=O) groups is 1. The van der Waals surface area contributed by atoms with Gasteiger partial charge in [0.15, 0.2) is 0 Å². The van der Waals surface area contributed by atoms with E-state index in [1.165, 1.54) is 18.4 Å². The van der Waals surface area contributed by atoms with Crippen molar-refractivity contribution in [3.8, 4) is 17.6 Å². The fourth-order valence-electron chi connectivity index (χ4n) is 3.81. The Hall–Kier alpha value is -3.33. The first-order valence-electron chi connectivity index (χ1n) is 10.4. The van der Waals surface area contributed by atoms with Gasteiger partial charge in [0.25, 0.3) is 5.91 Å². The smallest absolute Gasteiger partial charge is 0.254 e. The lowest BCUT2D eigenvalue weighted by Crippen LogP contribution is -2.49. The van der Waals surface area contributed by atoms with Gasteiger partial charge in [-0.05, 0) is 49.5 Å². The molecule has 0 bridgehead atoms. The molecule has 0 spiro atoms. The van der Waals surface area contributed by atoms with Crippen molar-refractivity contribution < 1.29 is 9.53 Å². The molecule has 2 aromatic rings. The molecule has 1 amide bonds. The minimum Gasteiger partial charge on any atom is -0.495 e. The standard InChI is InChI=1S/C24H26N4O2/c1-30-22-10-9-21(17-20(22)8-7-19-5-3-2-4-6-19)24(29)28-15-13-27(14-16-28)23-18-25-11-12-26-23/h5,9-12,17-18H,2-4,6,13-16H2,1H3. The Morgan fingerprint density at radius 1 is 1.10 bits per heavy atom. The molecule has 154 valence electrons. The molecule has 2 heterocycles. The van der Waals surface area contributed by atoms with Crippen molar-refractivity contribution in [3.05, 3.63) is 59.6 Å². The van der Waals surface area contributed by atoms with Gasteiger partial charge in [0.1, 0.15) is 11.6 Å².